The summed E-state index contributed by atoms with van der Waals surface area (Å²) in [6.45, 7) is 3.05. The Bertz CT molecular complexity index is 1220. The maximum atomic E-state index is 12.7. The van der Waals surface area contributed by atoms with Crippen LogP contribution in [0.3, 0.4) is 0 Å². The number of pyridine rings is 1. The Labute approximate surface area is 179 Å². The zero-order chi connectivity index (χ0) is 21.0. The topological polar surface area (TPSA) is 80.2 Å². The van der Waals surface area contributed by atoms with E-state index in [-0.39, 0.29) is 5.91 Å². The lowest BCUT2D eigenvalue weighted by Crippen LogP contribution is -2.36. The van der Waals surface area contributed by atoms with Crippen LogP contribution in [0.1, 0.15) is 10.5 Å². The molecule has 5 rings (SSSR count). The van der Waals surface area contributed by atoms with Gasteiger partial charge in [0, 0.05) is 29.7 Å². The molecular formula is C24H21N5O2. The van der Waals surface area contributed by atoms with Crippen LogP contribution in [-0.4, -0.2) is 47.4 Å². The van der Waals surface area contributed by atoms with Crippen molar-refractivity contribution in [3.8, 4) is 11.3 Å². The molecule has 1 fully saturated rings. The summed E-state index contributed by atoms with van der Waals surface area (Å²) in [5.41, 5.74) is 3.47. The van der Waals surface area contributed by atoms with Gasteiger partial charge in [0.15, 0.2) is 5.82 Å². The Morgan fingerprint density at radius 3 is 2.61 bits per heavy atom. The molecule has 1 aliphatic heterocycles. The molecule has 0 atom stereocenters. The number of morpholine rings is 1. The molecular weight excluding hydrogens is 390 g/mol. The van der Waals surface area contributed by atoms with Crippen LogP contribution in [0.25, 0.3) is 22.2 Å². The summed E-state index contributed by atoms with van der Waals surface area (Å²) in [5, 5.41) is 12.7. The molecule has 2 aromatic carbocycles. The van der Waals surface area contributed by atoms with Crippen molar-refractivity contribution in [1.29, 1.82) is 0 Å². The second-order valence-electron chi connectivity index (χ2n) is 7.30. The Balaban J connectivity index is 1.33. The number of nitrogens with zero attached hydrogens (tertiary/aromatic N) is 4. The molecule has 0 unspecified atom stereocenters. The van der Waals surface area contributed by atoms with Crippen LogP contribution in [-0.2, 0) is 4.74 Å². The van der Waals surface area contributed by atoms with Crippen molar-refractivity contribution in [3.05, 3.63) is 78.5 Å². The molecule has 7 nitrogen and oxygen atoms in total. The number of hydrogen-bond donors (Lipinski definition) is 1. The average molecular weight is 411 g/mol. The molecule has 0 radical (unpaired) electrons. The van der Waals surface area contributed by atoms with E-state index in [0.717, 1.165) is 41.1 Å². The lowest BCUT2D eigenvalue weighted by atomic mass is 10.1. The van der Waals surface area contributed by atoms with Crippen molar-refractivity contribution in [2.75, 3.05) is 36.5 Å². The molecule has 0 bridgehead atoms. The van der Waals surface area contributed by atoms with Gasteiger partial charge in [0.05, 0.1) is 24.4 Å². The number of benzene rings is 2. The van der Waals surface area contributed by atoms with Crippen LogP contribution in [0.5, 0.6) is 0 Å². The molecule has 2 aromatic heterocycles. The van der Waals surface area contributed by atoms with Gasteiger partial charge in [-0.3, -0.25) is 4.79 Å². The smallest absolute Gasteiger partial charge is 0.274 e. The van der Waals surface area contributed by atoms with Crippen molar-refractivity contribution < 1.29 is 9.53 Å². The Morgan fingerprint density at radius 2 is 1.77 bits per heavy atom. The largest absolute Gasteiger partial charge is 0.378 e. The summed E-state index contributed by atoms with van der Waals surface area (Å²) in [7, 11) is 0. The Hall–Kier alpha value is -3.84. The number of ether oxygens (including phenoxy) is 1. The average Bonchev–Trinajstić information content (AvgIpc) is 2.84. The van der Waals surface area contributed by atoms with E-state index in [1.165, 1.54) is 0 Å². The van der Waals surface area contributed by atoms with Gasteiger partial charge in [0.2, 0.25) is 0 Å². The van der Waals surface area contributed by atoms with Crippen molar-refractivity contribution in [3.63, 3.8) is 0 Å². The van der Waals surface area contributed by atoms with Gasteiger partial charge in [-0.1, -0.05) is 36.4 Å². The second-order valence-corrected chi connectivity index (χ2v) is 7.30. The highest BCUT2D eigenvalue weighted by atomic mass is 16.5. The molecule has 31 heavy (non-hydrogen) atoms. The van der Waals surface area contributed by atoms with Gasteiger partial charge in [-0.05, 0) is 36.4 Å². The molecule has 0 saturated carbocycles. The zero-order valence-electron chi connectivity index (χ0n) is 16.9. The lowest BCUT2D eigenvalue weighted by molar-refractivity contribution is 0.102. The van der Waals surface area contributed by atoms with E-state index in [1.807, 2.05) is 66.7 Å². The quantitative estimate of drug-likeness (QED) is 0.551. The second kappa shape index (κ2) is 8.49. The van der Waals surface area contributed by atoms with Gasteiger partial charge < -0.3 is 15.0 Å². The molecule has 1 amide bonds. The van der Waals surface area contributed by atoms with Crippen LogP contribution in [0.15, 0.2) is 72.8 Å². The number of amides is 1. The van der Waals surface area contributed by atoms with Crippen LogP contribution >= 0.6 is 0 Å². The third kappa shape index (κ3) is 4.22. The molecule has 154 valence electrons. The van der Waals surface area contributed by atoms with E-state index < -0.39 is 0 Å². The molecule has 1 saturated heterocycles. The predicted molar refractivity (Wildman–Crippen MR) is 120 cm³/mol. The van der Waals surface area contributed by atoms with Crippen molar-refractivity contribution >= 4 is 28.3 Å². The van der Waals surface area contributed by atoms with E-state index in [0.29, 0.717) is 24.6 Å². The fourth-order valence-electron chi connectivity index (χ4n) is 3.58. The number of carbonyl (C=O) groups excluding carboxylic acids is 1. The van der Waals surface area contributed by atoms with Crippen LogP contribution in [0, 0.1) is 0 Å². The van der Waals surface area contributed by atoms with Crippen LogP contribution < -0.4 is 10.2 Å². The lowest BCUT2D eigenvalue weighted by Gasteiger charge is -2.27. The third-order valence-electron chi connectivity index (χ3n) is 5.23. The molecule has 1 aliphatic rings. The van der Waals surface area contributed by atoms with E-state index in [2.05, 4.69) is 25.4 Å². The van der Waals surface area contributed by atoms with Gasteiger partial charge in [0.1, 0.15) is 5.69 Å². The Morgan fingerprint density at radius 1 is 0.903 bits per heavy atom. The molecule has 1 N–H and O–H groups in total. The summed E-state index contributed by atoms with van der Waals surface area (Å²) in [6.07, 6.45) is 0. The van der Waals surface area contributed by atoms with Crippen LogP contribution in [0.4, 0.5) is 11.5 Å². The summed E-state index contributed by atoms with van der Waals surface area (Å²) in [4.78, 5) is 19.3. The fourth-order valence-corrected chi connectivity index (χ4v) is 3.58. The first-order chi connectivity index (χ1) is 15.3. The van der Waals surface area contributed by atoms with Crippen molar-refractivity contribution in [2.24, 2.45) is 0 Å². The van der Waals surface area contributed by atoms with Crippen molar-refractivity contribution in [2.45, 2.75) is 0 Å². The minimum absolute atomic E-state index is 0.253. The number of hydrogen-bond acceptors (Lipinski definition) is 6. The summed E-state index contributed by atoms with van der Waals surface area (Å²) < 4.78 is 5.38. The monoisotopic (exact) mass is 411 g/mol. The summed E-state index contributed by atoms with van der Waals surface area (Å²) in [6, 6.07) is 22.8. The fraction of sp³-hybridized carbons (Fsp3) is 0.167. The van der Waals surface area contributed by atoms with Gasteiger partial charge >= 0.3 is 0 Å². The first kappa shape index (κ1) is 19.1. The number of anilines is 2. The number of para-hydroxylation sites is 1. The highest BCUT2D eigenvalue weighted by Crippen LogP contribution is 2.23. The van der Waals surface area contributed by atoms with Crippen LogP contribution in [0.2, 0.25) is 0 Å². The van der Waals surface area contributed by atoms with E-state index in [4.69, 9.17) is 4.74 Å². The number of fused-ring (bicyclic) bond motifs is 1. The highest BCUT2D eigenvalue weighted by Gasteiger charge is 2.14. The number of nitrogens with one attached hydrogen (secondary N) is 1. The maximum absolute atomic E-state index is 12.7. The standard InChI is InChI=1S/C24H21N5O2/c30-24(22-9-8-17-4-1-2-7-20(17)26-22)25-19-6-3-5-18(16-19)21-10-11-23(28-27-21)29-12-14-31-15-13-29/h1-11,16H,12-15H2,(H,25,30). The van der Waals surface area contributed by atoms with Crippen molar-refractivity contribution in [1.82, 2.24) is 15.2 Å². The normalized spacial score (nSPS) is 13.9. The van der Waals surface area contributed by atoms with E-state index in [1.54, 1.807) is 6.07 Å². The molecule has 4 aromatic rings. The van der Waals surface area contributed by atoms with Gasteiger partial charge in [-0.25, -0.2) is 4.98 Å². The third-order valence-corrected chi connectivity index (χ3v) is 5.23. The van der Waals surface area contributed by atoms with E-state index in [9.17, 15) is 4.79 Å². The first-order valence-corrected chi connectivity index (χ1v) is 10.2. The zero-order valence-corrected chi connectivity index (χ0v) is 16.9. The van der Waals surface area contributed by atoms with Gasteiger partial charge in [-0.2, -0.15) is 0 Å². The highest BCUT2D eigenvalue weighted by molar-refractivity contribution is 6.04. The molecule has 0 aliphatic carbocycles. The Kier molecular flexibility index (Phi) is 5.24. The summed E-state index contributed by atoms with van der Waals surface area (Å²) >= 11 is 0. The number of carbonyl (C=O) groups is 1. The number of rotatable bonds is 4. The minimum atomic E-state index is -0.253. The SMILES string of the molecule is O=C(Nc1cccc(-c2ccc(N3CCOCC3)nn2)c1)c1ccc2ccccc2n1. The minimum Gasteiger partial charge on any atom is -0.378 e. The maximum Gasteiger partial charge on any atom is 0.274 e. The molecule has 7 heteroatoms. The molecule has 0 spiro atoms. The number of aromatic nitrogens is 3. The van der Waals surface area contributed by atoms with E-state index >= 15 is 0 Å². The first-order valence-electron chi connectivity index (χ1n) is 10.2. The predicted octanol–water partition coefficient (Wildman–Crippen LogP) is 3.78. The summed E-state index contributed by atoms with van der Waals surface area (Å²) in [5.74, 6) is 0.593. The van der Waals surface area contributed by atoms with Gasteiger partial charge in [0.25, 0.3) is 5.91 Å². The van der Waals surface area contributed by atoms with Gasteiger partial charge in [-0.15, -0.1) is 10.2 Å². The molecule has 3 heterocycles.